The zero-order chi connectivity index (χ0) is 24.1. The van der Waals surface area contributed by atoms with Crippen LogP contribution in [-0.4, -0.2) is 70.6 Å². The number of phenols is 1. The lowest BCUT2D eigenvalue weighted by Gasteiger charge is -2.23. The summed E-state index contributed by atoms with van der Waals surface area (Å²) in [6, 6.07) is 3.30. The number of hydrogen-bond acceptors (Lipinski definition) is 7. The van der Waals surface area contributed by atoms with Gasteiger partial charge in [-0.1, -0.05) is 12.1 Å². The molecule has 0 bridgehead atoms. The Bertz CT molecular complexity index is 785. The number of nitrogens with one attached hydrogen (secondary N) is 2. The van der Waals surface area contributed by atoms with Crippen LogP contribution in [0.5, 0.6) is 5.75 Å². The molecule has 0 aliphatic heterocycles. The minimum Gasteiger partial charge on any atom is -0.508 e. The zero-order valence-corrected chi connectivity index (χ0v) is 18.8. The molecule has 0 fully saturated rings. The Morgan fingerprint density at radius 2 is 1.69 bits per heavy atom. The molecule has 178 valence electrons. The molecule has 1 aromatic carbocycles. The van der Waals surface area contributed by atoms with Crippen molar-refractivity contribution in [1.82, 2.24) is 10.6 Å². The standard InChI is InChI=1S/C20H32N6O5S/c1-32-10-8-15(18(29)26-16(19(30)31)3-2-9-24-20(22)23)25-17(28)14(21)11-12-4-6-13(27)7-5-12/h4-7,14-16,27H,2-3,8-11,21H2,1H3,(H,25,28)(H,26,29)(H,30,31)(H4,22,23,24). The van der Waals surface area contributed by atoms with Crippen molar-refractivity contribution in [2.45, 2.75) is 43.8 Å². The highest BCUT2D eigenvalue weighted by molar-refractivity contribution is 7.98. The molecule has 0 aromatic heterocycles. The highest BCUT2D eigenvalue weighted by Gasteiger charge is 2.27. The van der Waals surface area contributed by atoms with E-state index >= 15 is 0 Å². The summed E-state index contributed by atoms with van der Waals surface area (Å²) in [6.45, 7) is 0.237. The number of nitrogens with two attached hydrogens (primary N) is 3. The van der Waals surface area contributed by atoms with Gasteiger partial charge in [0.05, 0.1) is 6.04 Å². The minimum absolute atomic E-state index is 0.0932. The number of carbonyl (C=O) groups is 3. The van der Waals surface area contributed by atoms with Crippen LogP contribution >= 0.6 is 11.8 Å². The van der Waals surface area contributed by atoms with E-state index in [4.69, 9.17) is 17.2 Å². The molecule has 10 N–H and O–H groups in total. The molecule has 0 radical (unpaired) electrons. The molecule has 0 saturated heterocycles. The second kappa shape index (κ2) is 14.1. The number of phenolic OH excluding ortho intramolecular Hbond substituents is 1. The molecule has 0 heterocycles. The number of carbonyl (C=O) groups excluding carboxylic acids is 2. The number of carboxylic acids is 1. The summed E-state index contributed by atoms with van der Waals surface area (Å²) in [4.78, 5) is 40.6. The maximum atomic E-state index is 12.7. The molecule has 1 aromatic rings. The number of aliphatic imine (C=N–C) groups is 1. The number of thioether (sulfide) groups is 1. The number of nitrogens with zero attached hydrogens (tertiary/aromatic N) is 1. The van der Waals surface area contributed by atoms with Crippen molar-refractivity contribution in [3.05, 3.63) is 29.8 Å². The van der Waals surface area contributed by atoms with Crippen molar-refractivity contribution in [3.63, 3.8) is 0 Å². The van der Waals surface area contributed by atoms with Gasteiger partial charge in [0.25, 0.3) is 0 Å². The average Bonchev–Trinajstić information content (AvgIpc) is 2.74. The summed E-state index contributed by atoms with van der Waals surface area (Å²) in [5, 5.41) is 23.9. The van der Waals surface area contributed by atoms with E-state index in [1.165, 1.54) is 23.9 Å². The molecule has 0 aliphatic rings. The SMILES string of the molecule is CSCCC(NC(=O)C(N)Cc1ccc(O)cc1)C(=O)NC(CCCN=C(N)N)C(=O)O. The van der Waals surface area contributed by atoms with Crippen LogP contribution in [0.1, 0.15) is 24.8 Å². The Morgan fingerprint density at radius 3 is 2.25 bits per heavy atom. The molecule has 3 unspecified atom stereocenters. The van der Waals surface area contributed by atoms with Crippen molar-refractivity contribution < 1.29 is 24.6 Å². The predicted molar refractivity (Wildman–Crippen MR) is 124 cm³/mol. The Morgan fingerprint density at radius 1 is 1.06 bits per heavy atom. The van der Waals surface area contributed by atoms with Crippen LogP contribution in [0.25, 0.3) is 0 Å². The van der Waals surface area contributed by atoms with E-state index in [0.717, 1.165) is 5.56 Å². The molecular weight excluding hydrogens is 436 g/mol. The van der Waals surface area contributed by atoms with E-state index in [0.29, 0.717) is 18.6 Å². The smallest absolute Gasteiger partial charge is 0.326 e. The van der Waals surface area contributed by atoms with Gasteiger partial charge in [0, 0.05) is 6.54 Å². The van der Waals surface area contributed by atoms with Crippen LogP contribution in [0.15, 0.2) is 29.3 Å². The monoisotopic (exact) mass is 468 g/mol. The summed E-state index contributed by atoms with van der Waals surface area (Å²) < 4.78 is 0. The summed E-state index contributed by atoms with van der Waals surface area (Å²) >= 11 is 1.49. The van der Waals surface area contributed by atoms with Crippen LogP contribution in [0, 0.1) is 0 Å². The molecule has 0 saturated carbocycles. The Hall–Kier alpha value is -2.99. The van der Waals surface area contributed by atoms with Crippen LogP contribution in [0.3, 0.4) is 0 Å². The van der Waals surface area contributed by atoms with Crippen LogP contribution in [0.4, 0.5) is 0 Å². The van der Waals surface area contributed by atoms with Gasteiger partial charge in [-0.15, -0.1) is 0 Å². The molecule has 1 rings (SSSR count). The number of aromatic hydroxyl groups is 1. The molecular formula is C20H32N6O5S. The normalized spacial score (nSPS) is 13.4. The van der Waals surface area contributed by atoms with E-state index in [-0.39, 0.29) is 31.1 Å². The first kappa shape index (κ1) is 27.0. The lowest BCUT2D eigenvalue weighted by Crippen LogP contribution is -2.55. The highest BCUT2D eigenvalue weighted by Crippen LogP contribution is 2.11. The van der Waals surface area contributed by atoms with Crippen LogP contribution in [-0.2, 0) is 20.8 Å². The van der Waals surface area contributed by atoms with Gasteiger partial charge >= 0.3 is 5.97 Å². The van der Waals surface area contributed by atoms with Crippen molar-refractivity contribution >= 4 is 35.5 Å². The average molecular weight is 469 g/mol. The van der Waals surface area contributed by atoms with Gasteiger partial charge < -0.3 is 38.0 Å². The van der Waals surface area contributed by atoms with E-state index in [1.807, 2.05) is 6.26 Å². The Balaban J connectivity index is 2.73. The molecule has 3 atom stereocenters. The van der Waals surface area contributed by atoms with Crippen LogP contribution < -0.4 is 27.8 Å². The summed E-state index contributed by atoms with van der Waals surface area (Å²) in [7, 11) is 0. The number of benzene rings is 1. The number of hydrogen-bond donors (Lipinski definition) is 7. The minimum atomic E-state index is -1.19. The molecule has 0 spiro atoms. The fraction of sp³-hybridized carbons (Fsp3) is 0.500. The number of aliphatic carboxylic acids is 1. The maximum absolute atomic E-state index is 12.7. The van der Waals surface area contributed by atoms with Gasteiger partial charge in [-0.2, -0.15) is 11.8 Å². The van der Waals surface area contributed by atoms with E-state index in [1.54, 1.807) is 12.1 Å². The largest absolute Gasteiger partial charge is 0.508 e. The first-order valence-corrected chi connectivity index (χ1v) is 11.4. The first-order chi connectivity index (χ1) is 15.1. The maximum Gasteiger partial charge on any atom is 0.326 e. The van der Waals surface area contributed by atoms with Gasteiger partial charge in [-0.05, 0) is 55.4 Å². The fourth-order valence-electron chi connectivity index (χ4n) is 2.80. The quantitative estimate of drug-likeness (QED) is 0.103. The van der Waals surface area contributed by atoms with Crippen LogP contribution in [0.2, 0.25) is 0 Å². The molecule has 12 heteroatoms. The lowest BCUT2D eigenvalue weighted by molar-refractivity contribution is -0.142. The van der Waals surface area contributed by atoms with Crippen molar-refractivity contribution in [1.29, 1.82) is 0 Å². The van der Waals surface area contributed by atoms with Gasteiger partial charge in [-0.25, -0.2) is 4.79 Å². The number of amides is 2. The van der Waals surface area contributed by atoms with E-state index in [9.17, 15) is 24.6 Å². The van der Waals surface area contributed by atoms with Crippen molar-refractivity contribution in [2.75, 3.05) is 18.6 Å². The summed E-state index contributed by atoms with van der Waals surface area (Å²) in [5.74, 6) is -1.73. The number of rotatable bonds is 14. The van der Waals surface area contributed by atoms with Gasteiger partial charge in [-0.3, -0.25) is 14.6 Å². The fourth-order valence-corrected chi connectivity index (χ4v) is 3.27. The Kier molecular flexibility index (Phi) is 12.0. The second-order valence-electron chi connectivity index (χ2n) is 7.17. The number of carboxylic acid groups (broad SMARTS) is 1. The topological polar surface area (TPSA) is 206 Å². The molecule has 0 aliphatic carbocycles. The molecule has 11 nitrogen and oxygen atoms in total. The first-order valence-electron chi connectivity index (χ1n) is 10.1. The third kappa shape index (κ3) is 10.4. The van der Waals surface area contributed by atoms with Gasteiger partial charge in [0.2, 0.25) is 11.8 Å². The summed E-state index contributed by atoms with van der Waals surface area (Å²) in [5.41, 5.74) is 17.2. The van der Waals surface area contributed by atoms with Gasteiger partial charge in [0.15, 0.2) is 5.96 Å². The predicted octanol–water partition coefficient (Wildman–Crippen LogP) is -0.877. The zero-order valence-electron chi connectivity index (χ0n) is 18.0. The molecule has 32 heavy (non-hydrogen) atoms. The molecule has 2 amide bonds. The van der Waals surface area contributed by atoms with E-state index < -0.39 is 35.9 Å². The highest BCUT2D eigenvalue weighted by atomic mass is 32.2. The third-order valence-corrected chi connectivity index (χ3v) is 5.18. The van der Waals surface area contributed by atoms with E-state index in [2.05, 4.69) is 15.6 Å². The second-order valence-corrected chi connectivity index (χ2v) is 8.15. The third-order valence-electron chi connectivity index (χ3n) is 4.53. The van der Waals surface area contributed by atoms with Crippen molar-refractivity contribution in [3.8, 4) is 5.75 Å². The lowest BCUT2D eigenvalue weighted by atomic mass is 10.0. The number of guanidine groups is 1. The van der Waals surface area contributed by atoms with Gasteiger partial charge in [0.1, 0.15) is 17.8 Å². The summed E-state index contributed by atoms with van der Waals surface area (Å²) in [6.07, 6.45) is 2.86. The van der Waals surface area contributed by atoms with Crippen molar-refractivity contribution in [2.24, 2.45) is 22.2 Å². The Labute approximate surface area is 191 Å².